The number of carbonyl (C=O) groups excluding carboxylic acids is 1. The topological polar surface area (TPSA) is 42.1 Å². The summed E-state index contributed by atoms with van der Waals surface area (Å²) < 4.78 is 5.10. The fourth-order valence-electron chi connectivity index (χ4n) is 2.91. The molecule has 0 fully saturated rings. The Kier molecular flexibility index (Phi) is 3.28. The largest absolute Gasteiger partial charge is 0.462 e. The van der Waals surface area contributed by atoms with E-state index in [-0.39, 0.29) is 5.97 Å². The van der Waals surface area contributed by atoms with E-state index in [1.165, 1.54) is 30.4 Å². The molecule has 100 valence electrons. The van der Waals surface area contributed by atoms with E-state index in [1.54, 1.807) is 6.20 Å². The monoisotopic (exact) mass is 257 g/mol. The minimum Gasteiger partial charge on any atom is -0.462 e. The van der Waals surface area contributed by atoms with Crippen LogP contribution in [0.5, 0.6) is 0 Å². The Morgan fingerprint density at radius 2 is 1.95 bits per heavy atom. The van der Waals surface area contributed by atoms with Gasteiger partial charge < -0.3 is 9.72 Å². The number of aromatic amines is 1. The Bertz CT molecular complexity index is 612. The molecule has 3 heteroatoms. The lowest BCUT2D eigenvalue weighted by atomic mass is 9.99. The molecule has 3 nitrogen and oxygen atoms in total. The molecule has 1 N–H and O–H groups in total. The van der Waals surface area contributed by atoms with Gasteiger partial charge >= 0.3 is 5.97 Å². The first kappa shape index (κ1) is 12.3. The molecule has 1 aromatic heterocycles. The molecule has 0 atom stereocenters. The number of carbonyl (C=O) groups is 1. The predicted molar refractivity (Wildman–Crippen MR) is 75.5 cm³/mol. The van der Waals surface area contributed by atoms with Crippen LogP contribution >= 0.6 is 0 Å². The number of aryl methyl sites for hydroxylation is 2. The highest BCUT2D eigenvalue weighted by atomic mass is 16.5. The van der Waals surface area contributed by atoms with Gasteiger partial charge in [0.1, 0.15) is 0 Å². The van der Waals surface area contributed by atoms with Crippen molar-refractivity contribution in [2.24, 2.45) is 0 Å². The van der Waals surface area contributed by atoms with Crippen molar-refractivity contribution in [3.05, 3.63) is 35.0 Å². The van der Waals surface area contributed by atoms with Crippen molar-refractivity contribution >= 4 is 16.9 Å². The number of hydrogen-bond acceptors (Lipinski definition) is 2. The summed E-state index contributed by atoms with van der Waals surface area (Å²) in [5, 5.41) is 0.999. The molecule has 1 aromatic carbocycles. The van der Waals surface area contributed by atoms with Crippen molar-refractivity contribution in [1.82, 2.24) is 4.98 Å². The van der Waals surface area contributed by atoms with Gasteiger partial charge in [0.05, 0.1) is 12.2 Å². The van der Waals surface area contributed by atoms with E-state index in [2.05, 4.69) is 17.1 Å². The van der Waals surface area contributed by atoms with Crippen LogP contribution in [0.4, 0.5) is 0 Å². The first-order valence-electron chi connectivity index (χ1n) is 7.09. The van der Waals surface area contributed by atoms with E-state index < -0.39 is 0 Å². The van der Waals surface area contributed by atoms with E-state index in [0.29, 0.717) is 12.2 Å². The van der Waals surface area contributed by atoms with E-state index in [0.717, 1.165) is 23.7 Å². The number of benzene rings is 1. The number of aromatic nitrogens is 1. The molecule has 1 aliphatic carbocycles. The Morgan fingerprint density at radius 3 is 2.68 bits per heavy atom. The second-order valence-electron chi connectivity index (χ2n) is 5.15. The average Bonchev–Trinajstić information content (AvgIpc) is 2.66. The summed E-state index contributed by atoms with van der Waals surface area (Å²) in [5.41, 5.74) is 4.53. The lowest BCUT2D eigenvalue weighted by Crippen LogP contribution is -2.03. The highest BCUT2D eigenvalue weighted by Gasteiger charge is 2.16. The molecule has 0 radical (unpaired) electrons. The third-order valence-corrected chi connectivity index (χ3v) is 3.89. The van der Waals surface area contributed by atoms with Crippen LogP contribution in [0.15, 0.2) is 18.3 Å². The average molecular weight is 257 g/mol. The number of fused-ring (bicyclic) bond motifs is 2. The first-order chi connectivity index (χ1) is 9.29. The van der Waals surface area contributed by atoms with Crippen LogP contribution in [0.2, 0.25) is 0 Å². The Balaban J connectivity index is 2.08. The second-order valence-corrected chi connectivity index (χ2v) is 5.15. The van der Waals surface area contributed by atoms with Crippen molar-refractivity contribution in [2.75, 3.05) is 6.61 Å². The summed E-state index contributed by atoms with van der Waals surface area (Å²) in [6.45, 7) is 2.25. The van der Waals surface area contributed by atoms with Gasteiger partial charge in [0.25, 0.3) is 0 Å². The van der Waals surface area contributed by atoms with Gasteiger partial charge in [-0.1, -0.05) is 6.42 Å². The summed E-state index contributed by atoms with van der Waals surface area (Å²) in [6.07, 6.45) is 7.86. The summed E-state index contributed by atoms with van der Waals surface area (Å²) in [5.74, 6) is -0.234. The van der Waals surface area contributed by atoms with Crippen molar-refractivity contribution in [3.63, 3.8) is 0 Å². The van der Waals surface area contributed by atoms with Crippen LogP contribution in [0.1, 0.15) is 47.7 Å². The van der Waals surface area contributed by atoms with Crippen molar-refractivity contribution < 1.29 is 9.53 Å². The van der Waals surface area contributed by atoms with Gasteiger partial charge in [-0.05, 0) is 55.9 Å². The molecule has 0 saturated carbocycles. The van der Waals surface area contributed by atoms with E-state index in [9.17, 15) is 4.79 Å². The van der Waals surface area contributed by atoms with E-state index in [4.69, 9.17) is 4.74 Å². The molecule has 0 unspecified atom stereocenters. The molecule has 0 saturated heterocycles. The lowest BCUT2D eigenvalue weighted by Gasteiger charge is -2.06. The number of hydrogen-bond donors (Lipinski definition) is 1. The summed E-state index contributed by atoms with van der Waals surface area (Å²) in [6, 6.07) is 4.39. The molecular weight excluding hydrogens is 238 g/mol. The molecule has 0 bridgehead atoms. The minimum absolute atomic E-state index is 0.234. The van der Waals surface area contributed by atoms with Crippen LogP contribution in [-0.2, 0) is 17.6 Å². The Hall–Kier alpha value is -1.77. The van der Waals surface area contributed by atoms with Gasteiger partial charge in [-0.15, -0.1) is 0 Å². The number of nitrogens with one attached hydrogen (secondary N) is 1. The molecule has 0 spiro atoms. The van der Waals surface area contributed by atoms with Gasteiger partial charge in [-0.3, -0.25) is 0 Å². The standard InChI is InChI=1S/C16H19NO2/c1-2-19-16(18)14-10-17-15-9-12-7-5-3-4-6-11(12)8-13(14)15/h8-10,17H,2-7H2,1H3. The zero-order valence-corrected chi connectivity index (χ0v) is 11.3. The number of ether oxygens (including phenoxy) is 1. The summed E-state index contributed by atoms with van der Waals surface area (Å²) in [4.78, 5) is 15.1. The third kappa shape index (κ3) is 2.25. The molecule has 1 heterocycles. The van der Waals surface area contributed by atoms with Gasteiger partial charge in [-0.25, -0.2) is 4.79 Å². The highest BCUT2D eigenvalue weighted by molar-refractivity contribution is 6.04. The first-order valence-corrected chi connectivity index (χ1v) is 7.09. The van der Waals surface area contributed by atoms with Gasteiger partial charge in [-0.2, -0.15) is 0 Å². The van der Waals surface area contributed by atoms with Gasteiger partial charge in [0, 0.05) is 17.1 Å². The Morgan fingerprint density at radius 1 is 1.21 bits per heavy atom. The van der Waals surface area contributed by atoms with Gasteiger partial charge in [0.2, 0.25) is 0 Å². The molecule has 3 rings (SSSR count). The number of esters is 1. The molecule has 1 aliphatic rings. The van der Waals surface area contributed by atoms with Crippen LogP contribution in [0.25, 0.3) is 10.9 Å². The second kappa shape index (κ2) is 5.08. The summed E-state index contributed by atoms with van der Waals surface area (Å²) >= 11 is 0. The molecule has 0 amide bonds. The lowest BCUT2D eigenvalue weighted by molar-refractivity contribution is 0.0529. The summed E-state index contributed by atoms with van der Waals surface area (Å²) in [7, 11) is 0. The van der Waals surface area contributed by atoms with Crippen LogP contribution in [0.3, 0.4) is 0 Å². The molecule has 0 aliphatic heterocycles. The smallest absolute Gasteiger partial charge is 0.340 e. The van der Waals surface area contributed by atoms with E-state index >= 15 is 0 Å². The van der Waals surface area contributed by atoms with Crippen molar-refractivity contribution in [3.8, 4) is 0 Å². The fraction of sp³-hybridized carbons (Fsp3) is 0.438. The maximum Gasteiger partial charge on any atom is 0.340 e. The van der Waals surface area contributed by atoms with E-state index in [1.807, 2.05) is 6.92 Å². The SMILES string of the molecule is CCOC(=O)c1c[nH]c2cc3c(cc12)CCCCC3. The normalized spacial score (nSPS) is 15.0. The molecule has 19 heavy (non-hydrogen) atoms. The highest BCUT2D eigenvalue weighted by Crippen LogP contribution is 2.28. The van der Waals surface area contributed by atoms with Crippen LogP contribution in [-0.4, -0.2) is 17.6 Å². The number of H-pyrrole nitrogens is 1. The van der Waals surface area contributed by atoms with Crippen LogP contribution < -0.4 is 0 Å². The maximum atomic E-state index is 11.9. The fourth-order valence-corrected chi connectivity index (χ4v) is 2.91. The molecule has 2 aromatic rings. The zero-order valence-electron chi connectivity index (χ0n) is 11.3. The minimum atomic E-state index is -0.234. The third-order valence-electron chi connectivity index (χ3n) is 3.89. The predicted octanol–water partition coefficient (Wildman–Crippen LogP) is 3.61. The zero-order chi connectivity index (χ0) is 13.2. The van der Waals surface area contributed by atoms with Crippen molar-refractivity contribution in [2.45, 2.75) is 39.0 Å². The quantitative estimate of drug-likeness (QED) is 0.659. The number of rotatable bonds is 2. The van der Waals surface area contributed by atoms with Crippen molar-refractivity contribution in [1.29, 1.82) is 0 Å². The van der Waals surface area contributed by atoms with Gasteiger partial charge in [0.15, 0.2) is 0 Å². The van der Waals surface area contributed by atoms with Crippen LogP contribution in [0, 0.1) is 0 Å². The molecular formula is C16H19NO2. The maximum absolute atomic E-state index is 11.9. The Labute approximate surface area is 113 Å².